The molecule has 0 fully saturated rings. The van der Waals surface area contributed by atoms with Crippen molar-refractivity contribution in [3.8, 4) is 5.88 Å². The first kappa shape index (κ1) is 11.1. The molecular formula is C12H17N5O. The average molecular weight is 247 g/mol. The monoisotopic (exact) mass is 247 g/mol. The van der Waals surface area contributed by atoms with Gasteiger partial charge in [0.1, 0.15) is 5.82 Å². The molecule has 0 bridgehead atoms. The molecule has 4 rings (SSSR count). The van der Waals surface area contributed by atoms with Gasteiger partial charge in [0.05, 0.1) is 19.0 Å². The van der Waals surface area contributed by atoms with Crippen LogP contribution in [-0.2, 0) is 12.8 Å². The van der Waals surface area contributed by atoms with Crippen molar-refractivity contribution in [3.05, 3.63) is 23.5 Å². The third-order valence-corrected chi connectivity index (χ3v) is 3.16. The second kappa shape index (κ2) is 5.12. The van der Waals surface area contributed by atoms with Crippen LogP contribution in [0.3, 0.4) is 0 Å². The van der Waals surface area contributed by atoms with Crippen LogP contribution in [-0.4, -0.2) is 33.5 Å². The number of fused-ring (bicyclic) bond motifs is 2. The molecule has 0 saturated heterocycles. The number of aromatic nitrogens is 4. The summed E-state index contributed by atoms with van der Waals surface area (Å²) in [5.74, 6) is 1.97. The lowest BCUT2D eigenvalue weighted by Gasteiger charge is -2.11. The molecule has 0 atom stereocenters. The lowest BCUT2D eigenvalue weighted by Crippen LogP contribution is -2.10. The second-order valence-electron chi connectivity index (χ2n) is 4.48. The second-order valence-corrected chi connectivity index (χ2v) is 4.48. The van der Waals surface area contributed by atoms with E-state index in [0.29, 0.717) is 0 Å². The summed E-state index contributed by atoms with van der Waals surface area (Å²) >= 11 is 0. The molecule has 0 spiro atoms. The molecule has 0 unspecified atom stereocenters. The molecule has 2 aromatic heterocycles. The molecule has 2 aliphatic rings. The van der Waals surface area contributed by atoms with Crippen LogP contribution in [0.2, 0.25) is 0 Å². The molecule has 2 aromatic rings. The Kier molecular flexibility index (Phi) is 3.16. The zero-order valence-electron chi connectivity index (χ0n) is 10.2. The van der Waals surface area contributed by atoms with Gasteiger partial charge in [-0.2, -0.15) is 10.2 Å². The summed E-state index contributed by atoms with van der Waals surface area (Å²) in [6.45, 7) is 1.91. The maximum Gasteiger partial charge on any atom is 0.212 e. The molecule has 0 saturated carbocycles. The minimum absolute atomic E-state index is 0.829. The van der Waals surface area contributed by atoms with Crippen LogP contribution in [0.4, 0.5) is 5.82 Å². The van der Waals surface area contributed by atoms with E-state index in [-0.39, 0.29) is 0 Å². The average Bonchev–Trinajstić information content (AvgIpc) is 3.08. The molecule has 0 aromatic carbocycles. The maximum atomic E-state index is 5.25. The lowest BCUT2D eigenvalue weighted by molar-refractivity contribution is 0.277. The number of nitrogens with zero attached hydrogens (tertiary/aromatic N) is 2. The molecular weight excluding hydrogens is 230 g/mol. The SMILES string of the molecule is c1n[nH]c2c1CCCN2.c1n[nH]c2c1CCCO2. The number of rotatable bonds is 0. The number of aryl methyl sites for hydroxylation is 2. The van der Waals surface area contributed by atoms with Crippen LogP contribution in [0.5, 0.6) is 5.88 Å². The number of hydrogen-bond donors (Lipinski definition) is 3. The van der Waals surface area contributed by atoms with Gasteiger partial charge in [-0.15, -0.1) is 0 Å². The summed E-state index contributed by atoms with van der Waals surface area (Å²) in [5.41, 5.74) is 2.53. The van der Waals surface area contributed by atoms with Crippen LogP contribution in [0.1, 0.15) is 24.0 Å². The Morgan fingerprint density at radius 3 is 2.72 bits per heavy atom. The highest BCUT2D eigenvalue weighted by Crippen LogP contribution is 2.19. The molecule has 0 amide bonds. The van der Waals surface area contributed by atoms with Crippen molar-refractivity contribution >= 4 is 5.82 Å². The Morgan fingerprint density at radius 2 is 1.83 bits per heavy atom. The Balaban J connectivity index is 0.000000111. The summed E-state index contributed by atoms with van der Waals surface area (Å²) in [5, 5.41) is 16.7. The van der Waals surface area contributed by atoms with Crippen molar-refractivity contribution in [1.82, 2.24) is 20.4 Å². The third-order valence-electron chi connectivity index (χ3n) is 3.16. The normalized spacial score (nSPS) is 16.4. The number of H-pyrrole nitrogens is 2. The standard InChI is InChI=1S/C6H9N3.C6H8N2O/c1-2-5-4-8-9-6(5)7-3-1;1-2-5-4-7-8-6(5)9-3-1/h4H,1-3H2,(H2,7,8,9);4H,1-3H2,(H,7,8). The van der Waals surface area contributed by atoms with Gasteiger partial charge in [-0.3, -0.25) is 5.10 Å². The molecule has 6 heteroatoms. The van der Waals surface area contributed by atoms with Gasteiger partial charge in [0.25, 0.3) is 0 Å². The number of nitrogens with one attached hydrogen (secondary N) is 3. The van der Waals surface area contributed by atoms with Crippen LogP contribution in [0, 0.1) is 0 Å². The van der Waals surface area contributed by atoms with E-state index in [1.54, 1.807) is 0 Å². The highest BCUT2D eigenvalue weighted by Gasteiger charge is 2.10. The van der Waals surface area contributed by atoms with E-state index in [1.807, 2.05) is 12.4 Å². The van der Waals surface area contributed by atoms with Gasteiger partial charge in [-0.05, 0) is 25.7 Å². The van der Waals surface area contributed by atoms with Gasteiger partial charge in [-0.25, -0.2) is 5.10 Å². The summed E-state index contributed by atoms with van der Waals surface area (Å²) in [4.78, 5) is 0. The van der Waals surface area contributed by atoms with Gasteiger partial charge in [0.15, 0.2) is 0 Å². The smallest absolute Gasteiger partial charge is 0.212 e. The number of ether oxygens (including phenoxy) is 1. The highest BCUT2D eigenvalue weighted by molar-refractivity contribution is 5.44. The van der Waals surface area contributed by atoms with Crippen LogP contribution < -0.4 is 10.1 Å². The predicted octanol–water partition coefficient (Wildman–Crippen LogP) is 1.50. The molecule has 3 N–H and O–H groups in total. The summed E-state index contributed by atoms with van der Waals surface area (Å²) in [6.07, 6.45) is 8.33. The van der Waals surface area contributed by atoms with Gasteiger partial charge in [0, 0.05) is 17.7 Å². The zero-order valence-corrected chi connectivity index (χ0v) is 10.2. The van der Waals surface area contributed by atoms with Gasteiger partial charge in [0.2, 0.25) is 5.88 Å². The van der Waals surface area contributed by atoms with E-state index < -0.39 is 0 Å². The van der Waals surface area contributed by atoms with Gasteiger partial charge < -0.3 is 10.1 Å². The first-order chi connectivity index (χ1) is 8.93. The van der Waals surface area contributed by atoms with E-state index >= 15 is 0 Å². The quantitative estimate of drug-likeness (QED) is 0.659. The lowest BCUT2D eigenvalue weighted by atomic mass is 10.1. The van der Waals surface area contributed by atoms with Crippen LogP contribution >= 0.6 is 0 Å². The minimum Gasteiger partial charge on any atom is -0.478 e. The predicted molar refractivity (Wildman–Crippen MR) is 67.8 cm³/mol. The van der Waals surface area contributed by atoms with Gasteiger partial charge >= 0.3 is 0 Å². The summed E-state index contributed by atoms with van der Waals surface area (Å²) in [6, 6.07) is 0. The van der Waals surface area contributed by atoms with E-state index in [9.17, 15) is 0 Å². The fourth-order valence-electron chi connectivity index (χ4n) is 2.19. The Morgan fingerprint density at radius 1 is 1.00 bits per heavy atom. The van der Waals surface area contributed by atoms with Crippen molar-refractivity contribution in [2.45, 2.75) is 25.7 Å². The minimum atomic E-state index is 0.829. The number of aromatic amines is 2. The fourth-order valence-corrected chi connectivity index (χ4v) is 2.19. The van der Waals surface area contributed by atoms with E-state index in [4.69, 9.17) is 4.74 Å². The van der Waals surface area contributed by atoms with Crippen LogP contribution in [0.25, 0.3) is 0 Å². The number of hydrogen-bond acceptors (Lipinski definition) is 4. The molecule has 2 aliphatic heterocycles. The first-order valence-electron chi connectivity index (χ1n) is 6.34. The third kappa shape index (κ3) is 2.32. The van der Waals surface area contributed by atoms with Crippen molar-refractivity contribution in [1.29, 1.82) is 0 Å². The Hall–Kier alpha value is -1.98. The van der Waals surface area contributed by atoms with E-state index in [1.165, 1.54) is 24.0 Å². The van der Waals surface area contributed by atoms with E-state index in [2.05, 4.69) is 25.7 Å². The molecule has 6 nitrogen and oxygen atoms in total. The Labute approximate surface area is 105 Å². The summed E-state index contributed by atoms with van der Waals surface area (Å²) < 4.78 is 5.25. The molecule has 0 radical (unpaired) electrons. The molecule has 96 valence electrons. The molecule has 0 aliphatic carbocycles. The maximum absolute atomic E-state index is 5.25. The van der Waals surface area contributed by atoms with Crippen LogP contribution in [0.15, 0.2) is 12.4 Å². The topological polar surface area (TPSA) is 78.6 Å². The Bertz CT molecular complexity index is 417. The zero-order chi connectivity index (χ0) is 12.2. The van der Waals surface area contributed by atoms with E-state index in [0.717, 1.165) is 37.7 Å². The van der Waals surface area contributed by atoms with Crippen molar-refractivity contribution < 1.29 is 4.74 Å². The van der Waals surface area contributed by atoms with Crippen molar-refractivity contribution in [3.63, 3.8) is 0 Å². The fraction of sp³-hybridized carbons (Fsp3) is 0.500. The molecule has 4 heterocycles. The van der Waals surface area contributed by atoms with Gasteiger partial charge in [-0.1, -0.05) is 0 Å². The van der Waals surface area contributed by atoms with Crippen molar-refractivity contribution in [2.24, 2.45) is 0 Å². The van der Waals surface area contributed by atoms with Crippen molar-refractivity contribution in [2.75, 3.05) is 18.5 Å². The highest BCUT2D eigenvalue weighted by atomic mass is 16.5. The largest absolute Gasteiger partial charge is 0.478 e. The number of anilines is 1. The first-order valence-corrected chi connectivity index (χ1v) is 6.34. The summed E-state index contributed by atoms with van der Waals surface area (Å²) in [7, 11) is 0. The molecule has 18 heavy (non-hydrogen) atoms.